The third-order valence-electron chi connectivity index (χ3n) is 4.31. The molecule has 3 aromatic carbocycles. The van der Waals surface area contributed by atoms with Crippen LogP contribution >= 0.6 is 7.75 Å². The topological polar surface area (TPSA) is 60.5 Å². The summed E-state index contributed by atoms with van der Waals surface area (Å²) < 4.78 is 25.5. The predicted molar refractivity (Wildman–Crippen MR) is 120 cm³/mol. The molecule has 0 spiro atoms. The third kappa shape index (κ3) is 4.88. The highest BCUT2D eigenvalue weighted by Gasteiger charge is 2.30. The smallest absolute Gasteiger partial charge is 0.400 e. The maximum Gasteiger partial charge on any atom is 0.541 e. The summed E-state index contributed by atoms with van der Waals surface area (Å²) in [5.41, 5.74) is 3.17. The zero-order valence-corrected chi connectivity index (χ0v) is 17.3. The van der Waals surface area contributed by atoms with E-state index in [2.05, 4.69) is 10.1 Å². The number of rotatable bonds is 7. The molecule has 0 saturated heterocycles. The lowest BCUT2D eigenvalue weighted by molar-refractivity contribution is 0.393. The van der Waals surface area contributed by atoms with E-state index in [1.54, 1.807) is 30.5 Å². The molecule has 0 fully saturated rings. The van der Waals surface area contributed by atoms with Crippen LogP contribution in [-0.2, 0) is 4.57 Å². The van der Waals surface area contributed by atoms with Crippen molar-refractivity contribution in [3.63, 3.8) is 0 Å². The first-order valence-electron chi connectivity index (χ1n) is 9.51. The molecule has 4 rings (SSSR count). The van der Waals surface area contributed by atoms with Crippen LogP contribution < -0.4 is 14.1 Å². The molecule has 0 unspecified atom stereocenters. The SMILES string of the molecule is Cc1ccc(-c2ccccn2)c(NP(=O)(Oc2ccccc2)Oc2ccccc2)c1. The first-order chi connectivity index (χ1) is 14.6. The van der Waals surface area contributed by atoms with Crippen molar-refractivity contribution in [2.75, 3.05) is 5.09 Å². The minimum atomic E-state index is -3.83. The summed E-state index contributed by atoms with van der Waals surface area (Å²) in [7, 11) is -3.83. The molecule has 0 aliphatic rings. The van der Waals surface area contributed by atoms with Crippen LogP contribution in [0, 0.1) is 6.92 Å². The van der Waals surface area contributed by atoms with E-state index in [0.29, 0.717) is 17.2 Å². The Bertz CT molecular complexity index is 1110. The Morgan fingerprint density at radius 3 is 1.93 bits per heavy atom. The molecule has 0 saturated carbocycles. The fourth-order valence-electron chi connectivity index (χ4n) is 2.95. The van der Waals surface area contributed by atoms with Crippen molar-refractivity contribution in [2.45, 2.75) is 6.92 Å². The van der Waals surface area contributed by atoms with Gasteiger partial charge in [0.05, 0.1) is 11.4 Å². The Morgan fingerprint density at radius 2 is 1.37 bits per heavy atom. The molecular weight excluding hydrogens is 395 g/mol. The molecule has 5 nitrogen and oxygen atoms in total. The van der Waals surface area contributed by atoms with E-state index in [0.717, 1.165) is 16.8 Å². The van der Waals surface area contributed by atoms with Gasteiger partial charge in [0, 0.05) is 11.8 Å². The molecule has 0 aliphatic heterocycles. The van der Waals surface area contributed by atoms with Gasteiger partial charge in [0.2, 0.25) is 0 Å². The summed E-state index contributed by atoms with van der Waals surface area (Å²) in [6.07, 6.45) is 1.72. The molecule has 0 bridgehead atoms. The summed E-state index contributed by atoms with van der Waals surface area (Å²) in [6, 6.07) is 29.4. The fraction of sp³-hybridized carbons (Fsp3) is 0.0417. The normalized spacial score (nSPS) is 11.0. The van der Waals surface area contributed by atoms with E-state index in [4.69, 9.17) is 9.05 Å². The number of nitrogens with one attached hydrogen (secondary N) is 1. The Balaban J connectivity index is 1.73. The highest BCUT2D eigenvalue weighted by atomic mass is 31.2. The summed E-state index contributed by atoms with van der Waals surface area (Å²) in [6.45, 7) is 1.97. The Hall–Kier alpha value is -3.56. The fourth-order valence-corrected chi connectivity index (χ4v) is 4.36. The number of aryl methyl sites for hydroxylation is 1. The number of benzene rings is 3. The van der Waals surface area contributed by atoms with Gasteiger partial charge in [0.15, 0.2) is 0 Å². The van der Waals surface area contributed by atoms with Crippen molar-refractivity contribution in [2.24, 2.45) is 0 Å². The maximum atomic E-state index is 13.8. The van der Waals surface area contributed by atoms with Gasteiger partial charge >= 0.3 is 7.75 Å². The molecule has 6 heteroatoms. The molecule has 1 N–H and O–H groups in total. The number of pyridine rings is 1. The lowest BCUT2D eigenvalue weighted by Crippen LogP contribution is -2.10. The van der Waals surface area contributed by atoms with Crippen LogP contribution in [0.15, 0.2) is 103 Å². The summed E-state index contributed by atoms with van der Waals surface area (Å²) in [5, 5.41) is 3.03. The summed E-state index contributed by atoms with van der Waals surface area (Å²) in [4.78, 5) is 4.43. The largest absolute Gasteiger partial charge is 0.541 e. The minimum Gasteiger partial charge on any atom is -0.400 e. The Labute approximate surface area is 175 Å². The zero-order chi connectivity index (χ0) is 20.8. The highest BCUT2D eigenvalue weighted by molar-refractivity contribution is 7.56. The van der Waals surface area contributed by atoms with Crippen molar-refractivity contribution in [1.29, 1.82) is 0 Å². The molecule has 30 heavy (non-hydrogen) atoms. The van der Waals surface area contributed by atoms with E-state index in [1.807, 2.05) is 79.7 Å². The van der Waals surface area contributed by atoms with E-state index in [-0.39, 0.29) is 0 Å². The van der Waals surface area contributed by atoms with Gasteiger partial charge in [0.1, 0.15) is 11.5 Å². The molecular formula is C24H21N2O3P. The van der Waals surface area contributed by atoms with Crippen LogP contribution in [-0.4, -0.2) is 4.98 Å². The van der Waals surface area contributed by atoms with Crippen LogP contribution in [0.5, 0.6) is 11.5 Å². The molecule has 0 aliphatic carbocycles. The second-order valence-electron chi connectivity index (χ2n) is 6.68. The Kier molecular flexibility index (Phi) is 5.82. The van der Waals surface area contributed by atoms with E-state index in [9.17, 15) is 4.57 Å². The van der Waals surface area contributed by atoms with E-state index >= 15 is 0 Å². The van der Waals surface area contributed by atoms with Gasteiger partial charge in [-0.25, -0.2) is 4.57 Å². The maximum absolute atomic E-state index is 13.8. The lowest BCUT2D eigenvalue weighted by atomic mass is 10.1. The van der Waals surface area contributed by atoms with Gasteiger partial charge in [0.25, 0.3) is 0 Å². The van der Waals surface area contributed by atoms with Crippen LogP contribution in [0.4, 0.5) is 5.69 Å². The molecule has 0 radical (unpaired) electrons. The number of hydrogen-bond acceptors (Lipinski definition) is 4. The van der Waals surface area contributed by atoms with Gasteiger partial charge in [-0.05, 0) is 55.0 Å². The van der Waals surface area contributed by atoms with Crippen molar-refractivity contribution >= 4 is 13.4 Å². The highest BCUT2D eigenvalue weighted by Crippen LogP contribution is 2.49. The van der Waals surface area contributed by atoms with Crippen LogP contribution in [0.3, 0.4) is 0 Å². The number of anilines is 1. The quantitative estimate of drug-likeness (QED) is 0.338. The van der Waals surface area contributed by atoms with Gasteiger partial charge in [-0.2, -0.15) is 0 Å². The van der Waals surface area contributed by atoms with Crippen molar-refractivity contribution in [3.8, 4) is 22.8 Å². The molecule has 1 heterocycles. The predicted octanol–water partition coefficient (Wildman–Crippen LogP) is 6.74. The van der Waals surface area contributed by atoms with Gasteiger partial charge < -0.3 is 9.05 Å². The van der Waals surface area contributed by atoms with Crippen LogP contribution in [0.25, 0.3) is 11.3 Å². The minimum absolute atomic E-state index is 0.441. The van der Waals surface area contributed by atoms with Crippen LogP contribution in [0.2, 0.25) is 0 Å². The lowest BCUT2D eigenvalue weighted by Gasteiger charge is -2.22. The Morgan fingerprint density at radius 1 is 0.767 bits per heavy atom. The second-order valence-corrected chi connectivity index (χ2v) is 8.27. The van der Waals surface area contributed by atoms with Crippen LogP contribution in [0.1, 0.15) is 5.56 Å². The molecule has 0 atom stereocenters. The first-order valence-corrected chi connectivity index (χ1v) is 11.1. The number of para-hydroxylation sites is 2. The monoisotopic (exact) mass is 416 g/mol. The number of hydrogen-bond donors (Lipinski definition) is 1. The average Bonchev–Trinajstić information content (AvgIpc) is 2.75. The summed E-state index contributed by atoms with van der Waals surface area (Å²) >= 11 is 0. The van der Waals surface area contributed by atoms with Crippen molar-refractivity contribution < 1.29 is 13.6 Å². The zero-order valence-electron chi connectivity index (χ0n) is 16.4. The van der Waals surface area contributed by atoms with Gasteiger partial charge in [-0.1, -0.05) is 54.6 Å². The standard InChI is InChI=1S/C24H21N2O3P/c1-19-15-16-22(23-14-8-9-17-25-23)24(18-19)26-30(27,28-20-10-4-2-5-11-20)29-21-12-6-3-7-13-21/h2-18H,1H3,(H,26,27). The van der Waals surface area contributed by atoms with Gasteiger partial charge in [-0.15, -0.1) is 0 Å². The van der Waals surface area contributed by atoms with Gasteiger partial charge in [-0.3, -0.25) is 10.1 Å². The average molecular weight is 416 g/mol. The summed E-state index contributed by atoms with van der Waals surface area (Å²) in [5.74, 6) is 0.882. The molecule has 4 aromatic rings. The molecule has 0 amide bonds. The van der Waals surface area contributed by atoms with E-state index in [1.165, 1.54) is 0 Å². The van der Waals surface area contributed by atoms with Crippen molar-refractivity contribution in [1.82, 2.24) is 4.98 Å². The number of nitrogens with zero attached hydrogens (tertiary/aromatic N) is 1. The molecule has 1 aromatic heterocycles. The van der Waals surface area contributed by atoms with Crippen molar-refractivity contribution in [3.05, 3.63) is 109 Å². The number of aromatic nitrogens is 1. The second kappa shape index (κ2) is 8.85. The van der Waals surface area contributed by atoms with E-state index < -0.39 is 7.75 Å². The molecule has 150 valence electrons. The third-order valence-corrected chi connectivity index (χ3v) is 5.73. The first kappa shape index (κ1) is 19.7.